The van der Waals surface area contributed by atoms with Crippen LogP contribution < -0.4 is 0 Å². The number of fused-ring (bicyclic) bond motifs is 3. The molecule has 0 bridgehead atoms. The van der Waals surface area contributed by atoms with Gasteiger partial charge in [-0.15, -0.1) is 21.5 Å². The number of esters is 1. The van der Waals surface area contributed by atoms with Gasteiger partial charge in [-0.2, -0.15) is 0 Å². The molecule has 0 unspecified atom stereocenters. The molecule has 168 valence electrons. The Morgan fingerprint density at radius 3 is 2.72 bits per heavy atom. The van der Waals surface area contributed by atoms with Crippen molar-refractivity contribution in [1.29, 1.82) is 0 Å². The van der Waals surface area contributed by atoms with Gasteiger partial charge in [-0.3, -0.25) is 14.4 Å². The number of aliphatic imine (C=N–C) groups is 1. The Labute approximate surface area is 197 Å². The highest BCUT2D eigenvalue weighted by Crippen LogP contribution is 2.35. The lowest BCUT2D eigenvalue weighted by Crippen LogP contribution is -2.05. The molecule has 1 aliphatic rings. The SMILES string of the molecule is CC(=O)OCCCCCCCc1cc2c(s1)-n1c(C)nnc1CN=C2c1ccccc1Cl. The van der Waals surface area contributed by atoms with Crippen LogP contribution in [0.25, 0.3) is 5.00 Å². The smallest absolute Gasteiger partial charge is 0.302 e. The lowest BCUT2D eigenvalue weighted by atomic mass is 10.0. The lowest BCUT2D eigenvalue weighted by Gasteiger charge is -2.08. The van der Waals surface area contributed by atoms with E-state index in [1.165, 1.54) is 11.8 Å². The molecule has 6 nitrogen and oxygen atoms in total. The van der Waals surface area contributed by atoms with E-state index in [-0.39, 0.29) is 5.97 Å². The van der Waals surface area contributed by atoms with Crippen molar-refractivity contribution >= 4 is 34.6 Å². The summed E-state index contributed by atoms with van der Waals surface area (Å²) in [5.74, 6) is 1.53. The summed E-state index contributed by atoms with van der Waals surface area (Å²) in [5, 5.41) is 10.4. The average molecular weight is 471 g/mol. The molecule has 1 aromatic carbocycles. The van der Waals surface area contributed by atoms with Gasteiger partial charge in [0.15, 0.2) is 5.82 Å². The first-order valence-electron chi connectivity index (χ1n) is 11.0. The van der Waals surface area contributed by atoms with Crippen LogP contribution in [0.5, 0.6) is 0 Å². The van der Waals surface area contributed by atoms with Crippen molar-refractivity contribution in [3.8, 4) is 5.00 Å². The molecule has 0 fully saturated rings. The molecule has 3 aromatic rings. The van der Waals surface area contributed by atoms with Crippen molar-refractivity contribution in [2.75, 3.05) is 6.61 Å². The van der Waals surface area contributed by atoms with Gasteiger partial charge in [0.2, 0.25) is 0 Å². The molecule has 0 radical (unpaired) electrons. The van der Waals surface area contributed by atoms with Gasteiger partial charge < -0.3 is 4.74 Å². The number of aromatic nitrogens is 3. The molecule has 2 aromatic heterocycles. The maximum Gasteiger partial charge on any atom is 0.302 e. The normalized spacial score (nSPS) is 12.7. The van der Waals surface area contributed by atoms with Crippen LogP contribution in [0.4, 0.5) is 0 Å². The highest BCUT2D eigenvalue weighted by atomic mass is 35.5. The zero-order chi connectivity index (χ0) is 22.5. The number of rotatable bonds is 9. The largest absolute Gasteiger partial charge is 0.466 e. The number of ether oxygens (including phenoxy) is 1. The molecule has 0 N–H and O–H groups in total. The minimum Gasteiger partial charge on any atom is -0.466 e. The molecular formula is C24H27ClN4O2S. The van der Waals surface area contributed by atoms with Crippen LogP contribution in [0.3, 0.4) is 0 Å². The Bertz CT molecular complexity index is 1130. The van der Waals surface area contributed by atoms with E-state index in [2.05, 4.69) is 20.8 Å². The van der Waals surface area contributed by atoms with Crippen molar-refractivity contribution in [2.45, 2.75) is 58.9 Å². The van der Waals surface area contributed by atoms with Crippen LogP contribution >= 0.6 is 22.9 Å². The summed E-state index contributed by atoms with van der Waals surface area (Å²) in [6.45, 7) is 4.44. The summed E-state index contributed by atoms with van der Waals surface area (Å²) in [6, 6.07) is 10.1. The van der Waals surface area contributed by atoms with Crippen molar-refractivity contribution in [2.24, 2.45) is 4.99 Å². The number of benzene rings is 1. The molecule has 0 aliphatic carbocycles. The van der Waals surface area contributed by atoms with E-state index in [9.17, 15) is 4.79 Å². The quantitative estimate of drug-likeness (QED) is 0.297. The highest BCUT2D eigenvalue weighted by molar-refractivity contribution is 7.15. The van der Waals surface area contributed by atoms with Gasteiger partial charge in [-0.25, -0.2) is 0 Å². The standard InChI is InChI=1S/C24H27ClN4O2S/c1-16-27-28-22-15-26-23(19-11-7-8-12-21(19)25)20-14-18(32-24(20)29(16)22)10-6-4-3-5-9-13-31-17(2)30/h7-8,11-12,14H,3-6,9-10,13,15H2,1-2H3. The van der Waals surface area contributed by atoms with E-state index in [0.29, 0.717) is 18.2 Å². The molecule has 32 heavy (non-hydrogen) atoms. The van der Waals surface area contributed by atoms with Crippen molar-refractivity contribution in [3.63, 3.8) is 0 Å². The summed E-state index contributed by atoms with van der Waals surface area (Å²) < 4.78 is 7.12. The summed E-state index contributed by atoms with van der Waals surface area (Å²) in [6.07, 6.45) is 6.47. The van der Waals surface area contributed by atoms with Crippen molar-refractivity contribution in [1.82, 2.24) is 14.8 Å². The van der Waals surface area contributed by atoms with Crippen LogP contribution in [0.2, 0.25) is 5.02 Å². The Morgan fingerprint density at radius 1 is 1.12 bits per heavy atom. The molecule has 1 aliphatic heterocycles. The second-order valence-electron chi connectivity index (χ2n) is 7.93. The van der Waals surface area contributed by atoms with Gasteiger partial charge in [0.25, 0.3) is 0 Å². The predicted octanol–water partition coefficient (Wildman–Crippen LogP) is 5.70. The molecule has 3 heterocycles. The van der Waals surface area contributed by atoms with Gasteiger partial charge in [-0.05, 0) is 38.3 Å². The Balaban J connectivity index is 1.48. The number of unbranched alkanes of at least 4 members (excludes halogenated alkanes) is 4. The van der Waals surface area contributed by atoms with E-state index in [4.69, 9.17) is 21.3 Å². The maximum atomic E-state index is 10.8. The fourth-order valence-electron chi connectivity index (χ4n) is 3.93. The van der Waals surface area contributed by atoms with E-state index >= 15 is 0 Å². The maximum absolute atomic E-state index is 10.8. The number of carbonyl (C=O) groups is 1. The fourth-order valence-corrected chi connectivity index (χ4v) is 5.42. The van der Waals surface area contributed by atoms with Gasteiger partial charge >= 0.3 is 5.97 Å². The number of carbonyl (C=O) groups excluding carboxylic acids is 1. The number of aryl methyl sites for hydroxylation is 2. The van der Waals surface area contributed by atoms with E-state index in [0.717, 1.165) is 72.0 Å². The average Bonchev–Trinajstić information content (AvgIpc) is 3.30. The molecule has 8 heteroatoms. The van der Waals surface area contributed by atoms with Gasteiger partial charge in [0.1, 0.15) is 17.4 Å². The van der Waals surface area contributed by atoms with Crippen LogP contribution in [0.15, 0.2) is 35.3 Å². The van der Waals surface area contributed by atoms with Crippen LogP contribution in [0, 0.1) is 6.92 Å². The Hall–Kier alpha value is -2.51. The van der Waals surface area contributed by atoms with Crippen molar-refractivity contribution < 1.29 is 9.53 Å². The van der Waals surface area contributed by atoms with Crippen LogP contribution in [0.1, 0.15) is 66.7 Å². The van der Waals surface area contributed by atoms with Gasteiger partial charge in [0, 0.05) is 28.0 Å². The van der Waals surface area contributed by atoms with Crippen LogP contribution in [-0.2, 0) is 22.5 Å². The zero-order valence-electron chi connectivity index (χ0n) is 18.4. The topological polar surface area (TPSA) is 69.4 Å². The first-order valence-corrected chi connectivity index (χ1v) is 12.2. The second kappa shape index (κ2) is 10.4. The first-order chi connectivity index (χ1) is 15.5. The molecule has 0 amide bonds. The summed E-state index contributed by atoms with van der Waals surface area (Å²) in [4.78, 5) is 17.0. The number of hydrogen-bond acceptors (Lipinski definition) is 6. The number of nitrogens with zero attached hydrogens (tertiary/aromatic N) is 4. The number of halogens is 1. The minimum atomic E-state index is -0.200. The molecule has 0 saturated carbocycles. The number of thiophene rings is 1. The monoisotopic (exact) mass is 470 g/mol. The lowest BCUT2D eigenvalue weighted by molar-refractivity contribution is -0.141. The molecule has 0 atom stereocenters. The minimum absolute atomic E-state index is 0.200. The van der Waals surface area contributed by atoms with Gasteiger partial charge in [-0.1, -0.05) is 49.1 Å². The summed E-state index contributed by atoms with van der Waals surface area (Å²) >= 11 is 8.32. The summed E-state index contributed by atoms with van der Waals surface area (Å²) in [5.41, 5.74) is 2.97. The second-order valence-corrected chi connectivity index (χ2v) is 9.46. The predicted molar refractivity (Wildman–Crippen MR) is 128 cm³/mol. The van der Waals surface area contributed by atoms with Gasteiger partial charge in [0.05, 0.1) is 12.3 Å². The zero-order valence-corrected chi connectivity index (χ0v) is 20.0. The number of hydrogen-bond donors (Lipinski definition) is 0. The third-order valence-electron chi connectivity index (χ3n) is 5.49. The third-order valence-corrected chi connectivity index (χ3v) is 7.00. The Morgan fingerprint density at radius 2 is 1.91 bits per heavy atom. The fraction of sp³-hybridized carbons (Fsp3) is 0.417. The molecular weight excluding hydrogens is 444 g/mol. The van der Waals surface area contributed by atoms with E-state index in [1.54, 1.807) is 11.3 Å². The molecule has 4 rings (SSSR count). The first kappa shape index (κ1) is 22.7. The Kier molecular flexibility index (Phi) is 7.37. The van der Waals surface area contributed by atoms with Crippen molar-refractivity contribution in [3.05, 3.63) is 63.0 Å². The third kappa shape index (κ3) is 5.10. The van der Waals surface area contributed by atoms with E-state index < -0.39 is 0 Å². The molecule has 0 spiro atoms. The highest BCUT2D eigenvalue weighted by Gasteiger charge is 2.25. The summed E-state index contributed by atoms with van der Waals surface area (Å²) in [7, 11) is 0. The molecule has 0 saturated heterocycles. The van der Waals surface area contributed by atoms with Crippen LogP contribution in [-0.4, -0.2) is 33.1 Å². The van der Waals surface area contributed by atoms with E-state index in [1.807, 2.05) is 31.2 Å².